The summed E-state index contributed by atoms with van der Waals surface area (Å²) in [5.74, 6) is 0.583. The van der Waals surface area contributed by atoms with E-state index in [1.54, 1.807) is 0 Å². The molecule has 0 aromatic rings. The summed E-state index contributed by atoms with van der Waals surface area (Å²) in [4.78, 5) is 0. The molecule has 0 aliphatic rings. The van der Waals surface area contributed by atoms with Gasteiger partial charge in [-0.2, -0.15) is 0 Å². The zero-order valence-electron chi connectivity index (χ0n) is 4.68. The number of hydrogen-bond donors (Lipinski definition) is 0. The Bertz CT molecular complexity index is 55.7. The summed E-state index contributed by atoms with van der Waals surface area (Å²) in [5.41, 5.74) is 0. The van der Waals surface area contributed by atoms with Crippen LogP contribution in [-0.4, -0.2) is 13.0 Å². The fraction of sp³-hybridized carbons (Fsp3) is 1.00. The summed E-state index contributed by atoms with van der Waals surface area (Å²) in [5, 5.41) is 0. The topological polar surface area (TPSA) is 9.23 Å². The van der Waals surface area contributed by atoms with Crippen LogP contribution in [0.15, 0.2) is 0 Å². The Kier molecular flexibility index (Phi) is 4.30. The van der Waals surface area contributed by atoms with Gasteiger partial charge in [0.15, 0.2) is 0 Å². The van der Waals surface area contributed by atoms with Crippen LogP contribution in [0.1, 0.15) is 13.8 Å². The molecule has 0 atom stereocenters. The van der Waals surface area contributed by atoms with Crippen molar-refractivity contribution in [1.29, 1.82) is 0 Å². The molecule has 0 fully saturated rings. The number of hydrogen-bond acceptors (Lipinski definition) is 2. The van der Waals surface area contributed by atoms with E-state index in [9.17, 15) is 0 Å². The number of rotatable bonds is 3. The molecule has 1 nitrogen and oxygen atoms in total. The van der Waals surface area contributed by atoms with E-state index >= 15 is 0 Å². The van der Waals surface area contributed by atoms with Crippen molar-refractivity contribution in [1.82, 2.24) is 0 Å². The van der Waals surface area contributed by atoms with Gasteiger partial charge in [-0.15, -0.1) is 0 Å². The normalized spacial score (nSPS) is 8.43. The molecule has 0 rings (SSSR count). The van der Waals surface area contributed by atoms with Crippen molar-refractivity contribution in [2.45, 2.75) is 13.8 Å². The molecule has 0 heterocycles. The SMILES string of the molecule is CC(C)COB=S. The van der Waals surface area contributed by atoms with Crippen molar-refractivity contribution in [2.24, 2.45) is 5.92 Å². The second-order valence-corrected chi connectivity index (χ2v) is 2.02. The van der Waals surface area contributed by atoms with Gasteiger partial charge in [-0.05, 0) is 0 Å². The molecule has 0 radical (unpaired) electrons. The monoisotopic (exact) mass is 116 g/mol. The second-order valence-electron chi connectivity index (χ2n) is 1.82. The average molecular weight is 116 g/mol. The Morgan fingerprint density at radius 2 is 2.29 bits per heavy atom. The summed E-state index contributed by atoms with van der Waals surface area (Å²) >= 11 is 4.42. The zero-order valence-corrected chi connectivity index (χ0v) is 5.49. The van der Waals surface area contributed by atoms with Crippen molar-refractivity contribution >= 4 is 18.4 Å². The van der Waals surface area contributed by atoms with E-state index in [0.717, 1.165) is 6.61 Å². The first-order chi connectivity index (χ1) is 3.27. The van der Waals surface area contributed by atoms with Gasteiger partial charge >= 0.3 is 49.4 Å². The van der Waals surface area contributed by atoms with E-state index in [2.05, 4.69) is 25.9 Å². The Labute approximate surface area is 50.2 Å². The van der Waals surface area contributed by atoms with Gasteiger partial charge in [0, 0.05) is 0 Å². The first-order valence-corrected chi connectivity index (χ1v) is 2.79. The fourth-order valence-electron chi connectivity index (χ4n) is 0.232. The minimum atomic E-state index is 0.583. The van der Waals surface area contributed by atoms with E-state index in [4.69, 9.17) is 4.65 Å². The van der Waals surface area contributed by atoms with Crippen molar-refractivity contribution in [3.63, 3.8) is 0 Å². The molecule has 0 saturated heterocycles. The van der Waals surface area contributed by atoms with Crippen molar-refractivity contribution in [3.8, 4) is 0 Å². The zero-order chi connectivity index (χ0) is 5.70. The molecule has 0 amide bonds. The van der Waals surface area contributed by atoms with Crippen LogP contribution in [0, 0.1) is 5.92 Å². The molecule has 0 aliphatic heterocycles. The van der Waals surface area contributed by atoms with Crippen LogP contribution in [0.25, 0.3) is 0 Å². The average Bonchev–Trinajstić information content (AvgIpc) is 1.61. The molecule has 0 N–H and O–H groups in total. The first-order valence-electron chi connectivity index (χ1n) is 2.32. The fourth-order valence-corrected chi connectivity index (χ4v) is 0.310. The van der Waals surface area contributed by atoms with Gasteiger partial charge in [-0.25, -0.2) is 0 Å². The first kappa shape index (κ1) is 7.08. The molecule has 0 aliphatic carbocycles. The van der Waals surface area contributed by atoms with Crippen LogP contribution >= 0.6 is 12.1 Å². The Morgan fingerprint density at radius 1 is 1.71 bits per heavy atom. The van der Waals surface area contributed by atoms with Gasteiger partial charge in [-0.3, -0.25) is 0 Å². The van der Waals surface area contributed by atoms with Crippen LogP contribution in [0.2, 0.25) is 0 Å². The Hall–Kier alpha value is 0.0849. The van der Waals surface area contributed by atoms with Crippen LogP contribution in [0.5, 0.6) is 0 Å². The van der Waals surface area contributed by atoms with Crippen LogP contribution in [-0.2, 0) is 4.65 Å². The third-order valence-corrected chi connectivity index (χ3v) is 0.634. The molecule has 0 aromatic heterocycles. The van der Waals surface area contributed by atoms with Crippen LogP contribution in [0.4, 0.5) is 0 Å². The molecular weight excluding hydrogens is 107 g/mol. The van der Waals surface area contributed by atoms with Gasteiger partial charge < -0.3 is 0 Å². The Morgan fingerprint density at radius 3 is 2.43 bits per heavy atom. The van der Waals surface area contributed by atoms with Crippen LogP contribution in [0.3, 0.4) is 0 Å². The summed E-state index contributed by atoms with van der Waals surface area (Å²) in [6.45, 7) is 4.90. The molecule has 0 aromatic carbocycles. The van der Waals surface area contributed by atoms with Crippen LogP contribution < -0.4 is 0 Å². The Balaban J connectivity index is 2.81. The molecule has 0 bridgehead atoms. The van der Waals surface area contributed by atoms with E-state index < -0.39 is 0 Å². The third kappa shape index (κ3) is 6.08. The van der Waals surface area contributed by atoms with E-state index in [-0.39, 0.29) is 0 Å². The van der Waals surface area contributed by atoms with E-state index in [1.807, 2.05) is 0 Å². The maximum absolute atomic E-state index is 4.78. The maximum atomic E-state index is 4.78. The van der Waals surface area contributed by atoms with Crippen molar-refractivity contribution in [2.75, 3.05) is 6.61 Å². The summed E-state index contributed by atoms with van der Waals surface area (Å²) in [6, 6.07) is 0. The van der Waals surface area contributed by atoms with Crippen molar-refractivity contribution in [3.05, 3.63) is 0 Å². The van der Waals surface area contributed by atoms with Gasteiger partial charge in [-0.1, -0.05) is 0 Å². The molecule has 3 heteroatoms. The molecule has 0 unspecified atom stereocenters. The van der Waals surface area contributed by atoms with Gasteiger partial charge in [0.05, 0.1) is 0 Å². The predicted octanol–water partition coefficient (Wildman–Crippen LogP) is 1.39. The summed E-state index contributed by atoms with van der Waals surface area (Å²) in [6.07, 6.45) is 1.31. The molecule has 0 saturated carbocycles. The molecule has 40 valence electrons. The molecule has 7 heavy (non-hydrogen) atoms. The standard InChI is InChI=1S/C4H9BOS/c1-4(2)3-6-5-7/h4H,3H2,1-2H3. The molecule has 0 spiro atoms. The van der Waals surface area contributed by atoms with Gasteiger partial charge in [0.1, 0.15) is 0 Å². The third-order valence-electron chi connectivity index (χ3n) is 0.498. The van der Waals surface area contributed by atoms with Gasteiger partial charge in [0.2, 0.25) is 0 Å². The summed E-state index contributed by atoms with van der Waals surface area (Å²) in [7, 11) is 0. The van der Waals surface area contributed by atoms with Gasteiger partial charge in [0.25, 0.3) is 0 Å². The van der Waals surface area contributed by atoms with Crippen molar-refractivity contribution < 1.29 is 4.65 Å². The second kappa shape index (κ2) is 4.25. The molecular formula is C4H9BOS. The predicted molar refractivity (Wildman–Crippen MR) is 34.1 cm³/mol. The quantitative estimate of drug-likeness (QED) is 0.515. The van der Waals surface area contributed by atoms with E-state index in [1.165, 1.54) is 6.36 Å². The van der Waals surface area contributed by atoms with E-state index in [0.29, 0.717) is 5.92 Å². The summed E-state index contributed by atoms with van der Waals surface area (Å²) < 4.78 is 4.78. The minimum absolute atomic E-state index is 0.583.